The number of aromatic nitrogens is 1. The first-order chi connectivity index (χ1) is 9.20. The van der Waals surface area contributed by atoms with Crippen molar-refractivity contribution in [1.82, 2.24) is 4.98 Å². The molecule has 4 nitrogen and oxygen atoms in total. The number of hydrogen-bond acceptors (Lipinski definition) is 4. The first kappa shape index (κ1) is 13.4. The molecule has 0 aliphatic rings. The van der Waals surface area contributed by atoms with Gasteiger partial charge in [-0.2, -0.15) is 0 Å². The molecule has 0 aliphatic heterocycles. The van der Waals surface area contributed by atoms with E-state index in [1.807, 2.05) is 43.3 Å². The summed E-state index contributed by atoms with van der Waals surface area (Å²) in [4.78, 5) is 4.10. The molecule has 0 fully saturated rings. The van der Waals surface area contributed by atoms with Crippen molar-refractivity contribution in [2.75, 3.05) is 7.11 Å². The van der Waals surface area contributed by atoms with Crippen molar-refractivity contribution in [3.05, 3.63) is 54.4 Å². The Hall–Kier alpha value is -2.07. The molecule has 0 bridgehead atoms. The highest BCUT2D eigenvalue weighted by Crippen LogP contribution is 2.25. The van der Waals surface area contributed by atoms with E-state index in [-0.39, 0.29) is 12.1 Å². The van der Waals surface area contributed by atoms with Gasteiger partial charge in [0.15, 0.2) is 0 Å². The van der Waals surface area contributed by atoms with E-state index in [2.05, 4.69) is 4.98 Å². The zero-order chi connectivity index (χ0) is 13.7. The second kappa shape index (κ2) is 6.20. The van der Waals surface area contributed by atoms with Gasteiger partial charge in [-0.1, -0.05) is 6.07 Å². The lowest BCUT2D eigenvalue weighted by Gasteiger charge is -2.22. The van der Waals surface area contributed by atoms with Gasteiger partial charge >= 0.3 is 0 Å². The minimum absolute atomic E-state index is 0.133. The predicted octanol–water partition coefficient (Wildman–Crippen LogP) is 2.56. The van der Waals surface area contributed by atoms with E-state index in [1.165, 1.54) is 0 Å². The van der Waals surface area contributed by atoms with E-state index in [0.29, 0.717) is 0 Å². The topological polar surface area (TPSA) is 57.4 Å². The lowest BCUT2D eigenvalue weighted by Crippen LogP contribution is -2.29. The Morgan fingerprint density at radius 2 is 1.79 bits per heavy atom. The highest BCUT2D eigenvalue weighted by molar-refractivity contribution is 5.32. The summed E-state index contributed by atoms with van der Waals surface area (Å²) in [5, 5.41) is 0. The Balaban J connectivity index is 2.17. The SMILES string of the molecule is COc1ccc(OC(c2cccnc2)C(C)N)cc1. The summed E-state index contributed by atoms with van der Waals surface area (Å²) in [5.74, 6) is 1.55. The molecule has 2 atom stereocenters. The number of nitrogens with zero attached hydrogens (tertiary/aromatic N) is 1. The second-order valence-electron chi connectivity index (χ2n) is 4.36. The maximum Gasteiger partial charge on any atom is 0.140 e. The van der Waals surface area contributed by atoms with Gasteiger partial charge in [-0.3, -0.25) is 4.98 Å². The monoisotopic (exact) mass is 258 g/mol. The maximum absolute atomic E-state index is 6.00. The fraction of sp³-hybridized carbons (Fsp3) is 0.267. The predicted molar refractivity (Wildman–Crippen MR) is 74.2 cm³/mol. The molecule has 1 aromatic carbocycles. The molecule has 2 unspecified atom stereocenters. The minimum Gasteiger partial charge on any atom is -0.497 e. The largest absolute Gasteiger partial charge is 0.497 e. The molecule has 0 aliphatic carbocycles. The van der Waals surface area contributed by atoms with Gasteiger partial charge in [0.2, 0.25) is 0 Å². The van der Waals surface area contributed by atoms with Gasteiger partial charge < -0.3 is 15.2 Å². The molecule has 0 saturated carbocycles. The summed E-state index contributed by atoms with van der Waals surface area (Å²) in [6.07, 6.45) is 3.29. The molecular weight excluding hydrogens is 240 g/mol. The molecule has 0 saturated heterocycles. The summed E-state index contributed by atoms with van der Waals surface area (Å²) in [6.45, 7) is 1.92. The molecule has 2 N–H and O–H groups in total. The Morgan fingerprint density at radius 3 is 2.32 bits per heavy atom. The van der Waals surface area contributed by atoms with Gasteiger partial charge in [0, 0.05) is 24.0 Å². The van der Waals surface area contributed by atoms with Gasteiger partial charge in [0.25, 0.3) is 0 Å². The molecule has 19 heavy (non-hydrogen) atoms. The first-order valence-corrected chi connectivity index (χ1v) is 6.17. The number of methoxy groups -OCH3 is 1. The molecule has 4 heteroatoms. The van der Waals surface area contributed by atoms with Crippen molar-refractivity contribution in [2.24, 2.45) is 5.73 Å². The van der Waals surface area contributed by atoms with Crippen molar-refractivity contribution in [3.63, 3.8) is 0 Å². The van der Waals surface area contributed by atoms with Crippen molar-refractivity contribution >= 4 is 0 Å². The Labute approximate surface area is 113 Å². The number of benzene rings is 1. The summed E-state index contributed by atoms with van der Waals surface area (Å²) in [6, 6.07) is 11.2. The van der Waals surface area contributed by atoms with Gasteiger partial charge in [-0.05, 0) is 37.3 Å². The van der Waals surface area contributed by atoms with Crippen LogP contribution in [0.25, 0.3) is 0 Å². The maximum atomic E-state index is 6.00. The quantitative estimate of drug-likeness (QED) is 0.895. The van der Waals surface area contributed by atoms with E-state index < -0.39 is 0 Å². The normalized spacial score (nSPS) is 13.6. The molecule has 0 amide bonds. The van der Waals surface area contributed by atoms with Crippen LogP contribution < -0.4 is 15.2 Å². The fourth-order valence-electron chi connectivity index (χ4n) is 1.82. The molecular formula is C15H18N2O2. The average molecular weight is 258 g/mol. The second-order valence-corrected chi connectivity index (χ2v) is 4.36. The van der Waals surface area contributed by atoms with Gasteiger partial charge in [-0.25, -0.2) is 0 Å². The summed E-state index contributed by atoms with van der Waals surface area (Å²) in [7, 11) is 1.64. The van der Waals surface area contributed by atoms with E-state index in [4.69, 9.17) is 15.2 Å². The van der Waals surface area contributed by atoms with Gasteiger partial charge in [0.05, 0.1) is 7.11 Å². The van der Waals surface area contributed by atoms with Gasteiger partial charge in [0.1, 0.15) is 17.6 Å². The lowest BCUT2D eigenvalue weighted by atomic mass is 10.1. The first-order valence-electron chi connectivity index (χ1n) is 6.17. The molecule has 2 rings (SSSR count). The molecule has 1 heterocycles. The molecule has 0 spiro atoms. The lowest BCUT2D eigenvalue weighted by molar-refractivity contribution is 0.180. The smallest absolute Gasteiger partial charge is 0.140 e. The molecule has 100 valence electrons. The Bertz CT molecular complexity index is 497. The average Bonchev–Trinajstić information content (AvgIpc) is 2.46. The van der Waals surface area contributed by atoms with Crippen LogP contribution in [0.4, 0.5) is 0 Å². The highest BCUT2D eigenvalue weighted by atomic mass is 16.5. The van der Waals surface area contributed by atoms with Crippen molar-refractivity contribution in [3.8, 4) is 11.5 Å². The summed E-state index contributed by atoms with van der Waals surface area (Å²) >= 11 is 0. The third-order valence-corrected chi connectivity index (χ3v) is 2.81. The van der Waals surface area contributed by atoms with Crippen LogP contribution in [0.1, 0.15) is 18.6 Å². The summed E-state index contributed by atoms with van der Waals surface area (Å²) < 4.78 is 11.1. The van der Waals surface area contributed by atoms with E-state index in [9.17, 15) is 0 Å². The third-order valence-electron chi connectivity index (χ3n) is 2.81. The van der Waals surface area contributed by atoms with Crippen LogP contribution in [0.3, 0.4) is 0 Å². The van der Waals surface area contributed by atoms with Crippen LogP contribution in [-0.2, 0) is 0 Å². The van der Waals surface area contributed by atoms with Crippen LogP contribution in [-0.4, -0.2) is 18.1 Å². The van der Waals surface area contributed by atoms with Crippen LogP contribution in [0.15, 0.2) is 48.8 Å². The van der Waals surface area contributed by atoms with Crippen LogP contribution in [0.5, 0.6) is 11.5 Å². The van der Waals surface area contributed by atoms with E-state index in [1.54, 1.807) is 19.5 Å². The number of ether oxygens (including phenoxy) is 2. The number of hydrogen-bond donors (Lipinski definition) is 1. The Morgan fingerprint density at radius 1 is 1.11 bits per heavy atom. The molecule has 0 radical (unpaired) electrons. The van der Waals surface area contributed by atoms with Crippen molar-refractivity contribution < 1.29 is 9.47 Å². The van der Waals surface area contributed by atoms with Crippen LogP contribution in [0.2, 0.25) is 0 Å². The number of nitrogens with two attached hydrogens (primary N) is 1. The number of pyridine rings is 1. The van der Waals surface area contributed by atoms with E-state index >= 15 is 0 Å². The highest BCUT2D eigenvalue weighted by Gasteiger charge is 2.18. The van der Waals surface area contributed by atoms with E-state index in [0.717, 1.165) is 17.1 Å². The van der Waals surface area contributed by atoms with Gasteiger partial charge in [-0.15, -0.1) is 0 Å². The molecule has 1 aromatic heterocycles. The fourth-order valence-corrected chi connectivity index (χ4v) is 1.82. The van der Waals surface area contributed by atoms with Crippen molar-refractivity contribution in [2.45, 2.75) is 19.1 Å². The zero-order valence-electron chi connectivity index (χ0n) is 11.1. The standard InChI is InChI=1S/C15H18N2O2/c1-11(16)15(12-4-3-9-17-10-12)19-14-7-5-13(18-2)6-8-14/h3-11,15H,16H2,1-2H3. The molecule has 2 aromatic rings. The summed E-state index contributed by atoms with van der Waals surface area (Å²) in [5.41, 5.74) is 6.96. The zero-order valence-corrected chi connectivity index (χ0v) is 11.1. The van der Waals surface area contributed by atoms with Crippen LogP contribution >= 0.6 is 0 Å². The third kappa shape index (κ3) is 3.45. The van der Waals surface area contributed by atoms with Crippen LogP contribution in [0, 0.1) is 0 Å². The minimum atomic E-state index is -0.220. The van der Waals surface area contributed by atoms with Crippen molar-refractivity contribution in [1.29, 1.82) is 0 Å². The Kier molecular flexibility index (Phi) is 4.36. The number of rotatable bonds is 5.